The van der Waals surface area contributed by atoms with Crippen LogP contribution in [0.4, 0.5) is 5.95 Å². The first-order valence-corrected chi connectivity index (χ1v) is 6.18. The summed E-state index contributed by atoms with van der Waals surface area (Å²) in [5, 5.41) is 10.7. The van der Waals surface area contributed by atoms with E-state index in [0.29, 0.717) is 5.95 Å². The van der Waals surface area contributed by atoms with Crippen molar-refractivity contribution in [3.05, 3.63) is 29.5 Å². The van der Waals surface area contributed by atoms with Gasteiger partial charge in [0.15, 0.2) is 0 Å². The number of aromatic nitrogens is 5. The van der Waals surface area contributed by atoms with Gasteiger partial charge in [0.1, 0.15) is 12.7 Å². The lowest BCUT2D eigenvalue weighted by Crippen LogP contribution is -2.06. The average molecular weight is 297 g/mol. The zero-order valence-corrected chi connectivity index (χ0v) is 10.8. The van der Waals surface area contributed by atoms with E-state index in [4.69, 9.17) is 0 Å². The summed E-state index contributed by atoms with van der Waals surface area (Å²) in [4.78, 5) is 8.26. The third-order valence-electron chi connectivity index (χ3n) is 2.21. The molecule has 0 aliphatic rings. The molecule has 0 aromatic carbocycles. The zero-order valence-electron chi connectivity index (χ0n) is 9.25. The second-order valence-corrected chi connectivity index (χ2v) is 4.47. The highest BCUT2D eigenvalue weighted by Crippen LogP contribution is 2.06. The van der Waals surface area contributed by atoms with Gasteiger partial charge in [-0.15, -0.1) is 10.2 Å². The summed E-state index contributed by atoms with van der Waals surface area (Å²) in [6.45, 7) is 1.81. The van der Waals surface area contributed by atoms with Crippen LogP contribution in [0.2, 0.25) is 0 Å². The summed E-state index contributed by atoms with van der Waals surface area (Å²) in [5.74, 6) is 0.664. The molecule has 0 aliphatic heterocycles. The molecule has 0 bridgehead atoms. The van der Waals surface area contributed by atoms with Crippen LogP contribution in [-0.4, -0.2) is 31.3 Å². The third-order valence-corrected chi connectivity index (χ3v) is 2.62. The van der Waals surface area contributed by atoms with Gasteiger partial charge in [0, 0.05) is 25.5 Å². The molecule has 2 aromatic rings. The smallest absolute Gasteiger partial charge is 0.222 e. The summed E-state index contributed by atoms with van der Waals surface area (Å²) in [6.07, 6.45) is 9.04. The molecular formula is C10H13BrN6. The SMILES string of the molecule is Brc1cnc(NCCCCn2cnnc2)nc1. The Bertz CT molecular complexity index is 427. The van der Waals surface area contributed by atoms with Gasteiger partial charge in [-0.2, -0.15) is 0 Å². The zero-order chi connectivity index (χ0) is 11.9. The van der Waals surface area contributed by atoms with Crippen LogP contribution in [0.1, 0.15) is 12.8 Å². The van der Waals surface area contributed by atoms with Crippen molar-refractivity contribution in [2.75, 3.05) is 11.9 Å². The van der Waals surface area contributed by atoms with Gasteiger partial charge in [-0.1, -0.05) is 0 Å². The number of anilines is 1. The van der Waals surface area contributed by atoms with Crippen LogP contribution in [0, 0.1) is 0 Å². The quantitative estimate of drug-likeness (QED) is 0.822. The van der Waals surface area contributed by atoms with Crippen LogP contribution < -0.4 is 5.32 Å². The molecule has 0 aliphatic carbocycles. The lowest BCUT2D eigenvalue weighted by Gasteiger charge is -2.04. The van der Waals surface area contributed by atoms with Crippen molar-refractivity contribution in [2.45, 2.75) is 19.4 Å². The van der Waals surface area contributed by atoms with E-state index >= 15 is 0 Å². The molecule has 2 rings (SSSR count). The Balaban J connectivity index is 1.61. The number of rotatable bonds is 6. The summed E-state index contributed by atoms with van der Waals surface area (Å²) in [5.41, 5.74) is 0. The topological polar surface area (TPSA) is 68.5 Å². The van der Waals surface area contributed by atoms with Crippen LogP contribution in [0.25, 0.3) is 0 Å². The second kappa shape index (κ2) is 6.29. The number of aryl methyl sites for hydroxylation is 1. The number of nitrogens with one attached hydrogen (secondary N) is 1. The maximum atomic E-state index is 4.13. The number of halogens is 1. The molecule has 0 spiro atoms. The van der Waals surface area contributed by atoms with Gasteiger partial charge in [0.25, 0.3) is 0 Å². The van der Waals surface area contributed by atoms with E-state index in [2.05, 4.69) is 41.4 Å². The van der Waals surface area contributed by atoms with Crippen molar-refractivity contribution in [3.8, 4) is 0 Å². The molecule has 0 saturated carbocycles. The van der Waals surface area contributed by atoms with Gasteiger partial charge in [-0.3, -0.25) is 0 Å². The second-order valence-electron chi connectivity index (χ2n) is 3.56. The molecule has 0 amide bonds. The lowest BCUT2D eigenvalue weighted by atomic mass is 10.3. The lowest BCUT2D eigenvalue weighted by molar-refractivity contribution is 0.618. The largest absolute Gasteiger partial charge is 0.354 e. The molecular weight excluding hydrogens is 284 g/mol. The Morgan fingerprint density at radius 3 is 2.53 bits per heavy atom. The molecule has 0 saturated heterocycles. The van der Waals surface area contributed by atoms with E-state index in [-0.39, 0.29) is 0 Å². The summed E-state index contributed by atoms with van der Waals surface area (Å²) >= 11 is 3.29. The molecule has 2 heterocycles. The van der Waals surface area contributed by atoms with E-state index in [0.717, 1.165) is 30.4 Å². The normalized spacial score (nSPS) is 10.4. The van der Waals surface area contributed by atoms with E-state index in [1.54, 1.807) is 25.0 Å². The highest BCUT2D eigenvalue weighted by atomic mass is 79.9. The van der Waals surface area contributed by atoms with Crippen molar-refractivity contribution < 1.29 is 0 Å². The highest BCUT2D eigenvalue weighted by Gasteiger charge is 1.95. The fraction of sp³-hybridized carbons (Fsp3) is 0.400. The predicted octanol–water partition coefficient (Wildman–Crippen LogP) is 1.72. The first kappa shape index (κ1) is 12.0. The number of hydrogen-bond acceptors (Lipinski definition) is 5. The van der Waals surface area contributed by atoms with Gasteiger partial charge in [-0.25, -0.2) is 9.97 Å². The fourth-order valence-corrected chi connectivity index (χ4v) is 1.57. The Morgan fingerprint density at radius 1 is 1.12 bits per heavy atom. The van der Waals surface area contributed by atoms with Crippen LogP contribution in [-0.2, 0) is 6.54 Å². The molecule has 2 aromatic heterocycles. The minimum Gasteiger partial charge on any atom is -0.354 e. The Labute approximate surface area is 108 Å². The van der Waals surface area contributed by atoms with Gasteiger partial charge >= 0.3 is 0 Å². The van der Waals surface area contributed by atoms with E-state index in [9.17, 15) is 0 Å². The van der Waals surface area contributed by atoms with Crippen molar-refractivity contribution in [3.63, 3.8) is 0 Å². The minimum absolute atomic E-state index is 0.664. The third kappa shape index (κ3) is 4.10. The Kier molecular flexibility index (Phi) is 4.43. The van der Waals surface area contributed by atoms with Crippen molar-refractivity contribution in [1.29, 1.82) is 0 Å². The number of hydrogen-bond donors (Lipinski definition) is 1. The minimum atomic E-state index is 0.664. The highest BCUT2D eigenvalue weighted by molar-refractivity contribution is 9.10. The predicted molar refractivity (Wildman–Crippen MR) is 67.5 cm³/mol. The maximum absolute atomic E-state index is 4.13. The van der Waals surface area contributed by atoms with E-state index < -0.39 is 0 Å². The molecule has 0 radical (unpaired) electrons. The van der Waals surface area contributed by atoms with Gasteiger partial charge < -0.3 is 9.88 Å². The summed E-state index contributed by atoms with van der Waals surface area (Å²) < 4.78 is 2.85. The molecule has 1 N–H and O–H groups in total. The molecule has 0 fully saturated rings. The van der Waals surface area contributed by atoms with Crippen molar-refractivity contribution >= 4 is 21.9 Å². The summed E-state index contributed by atoms with van der Waals surface area (Å²) in [6, 6.07) is 0. The van der Waals surface area contributed by atoms with Crippen LogP contribution >= 0.6 is 15.9 Å². The average Bonchev–Trinajstić information content (AvgIpc) is 2.84. The molecule has 7 heteroatoms. The van der Waals surface area contributed by atoms with E-state index in [1.165, 1.54) is 0 Å². The van der Waals surface area contributed by atoms with Crippen molar-refractivity contribution in [2.24, 2.45) is 0 Å². The standard InChI is InChI=1S/C10H13BrN6/c11-9-5-13-10(14-6-9)12-3-1-2-4-17-7-15-16-8-17/h5-8H,1-4H2,(H,12,13,14). The number of nitrogens with zero attached hydrogens (tertiary/aromatic N) is 5. The molecule has 17 heavy (non-hydrogen) atoms. The van der Waals surface area contributed by atoms with Crippen molar-refractivity contribution in [1.82, 2.24) is 24.7 Å². The molecule has 90 valence electrons. The fourth-order valence-electron chi connectivity index (χ4n) is 1.36. The molecule has 6 nitrogen and oxygen atoms in total. The number of unbranched alkanes of at least 4 members (excludes halogenated alkanes) is 1. The maximum Gasteiger partial charge on any atom is 0.222 e. The van der Waals surface area contributed by atoms with Crippen LogP contribution in [0.3, 0.4) is 0 Å². The monoisotopic (exact) mass is 296 g/mol. The Hall–Kier alpha value is -1.50. The first-order chi connectivity index (χ1) is 8.34. The van der Waals surface area contributed by atoms with Crippen LogP contribution in [0.5, 0.6) is 0 Å². The van der Waals surface area contributed by atoms with Gasteiger partial charge in [0.2, 0.25) is 5.95 Å². The first-order valence-electron chi connectivity index (χ1n) is 5.38. The summed E-state index contributed by atoms with van der Waals surface area (Å²) in [7, 11) is 0. The molecule has 0 atom stereocenters. The Morgan fingerprint density at radius 2 is 1.82 bits per heavy atom. The van der Waals surface area contributed by atoms with E-state index in [1.807, 2.05) is 4.57 Å². The van der Waals surface area contributed by atoms with Gasteiger partial charge in [0.05, 0.1) is 4.47 Å². The molecule has 0 unspecified atom stereocenters. The van der Waals surface area contributed by atoms with Gasteiger partial charge in [-0.05, 0) is 28.8 Å². The van der Waals surface area contributed by atoms with Crippen LogP contribution in [0.15, 0.2) is 29.5 Å².